The smallest absolute Gasteiger partial charge is 0.262 e. The zero-order chi connectivity index (χ0) is 22.5. The number of hydrogen-bond donors (Lipinski definition) is 1. The summed E-state index contributed by atoms with van der Waals surface area (Å²) >= 11 is 1.35. The van der Waals surface area contributed by atoms with Gasteiger partial charge in [0.05, 0.1) is 16.7 Å². The Hall–Kier alpha value is -2.61. The fraction of sp³-hybridized carbons (Fsp3) is 0.500. The first-order valence-corrected chi connectivity index (χ1v) is 12.5. The summed E-state index contributed by atoms with van der Waals surface area (Å²) in [6.45, 7) is 5.53. The summed E-state index contributed by atoms with van der Waals surface area (Å²) in [7, 11) is 0. The van der Waals surface area contributed by atoms with E-state index in [2.05, 4.69) is 35.4 Å². The highest BCUT2D eigenvalue weighted by Gasteiger charge is 2.17. The Morgan fingerprint density at radius 3 is 2.84 bits per heavy atom. The van der Waals surface area contributed by atoms with Crippen LogP contribution in [0.4, 0.5) is 0 Å². The maximum absolute atomic E-state index is 13.1. The van der Waals surface area contributed by atoms with Gasteiger partial charge in [0.25, 0.3) is 5.56 Å². The number of allylic oxidation sites excluding steroid dienone is 1. The zero-order valence-corrected chi connectivity index (χ0v) is 19.7. The van der Waals surface area contributed by atoms with Gasteiger partial charge in [-0.25, -0.2) is 0 Å². The lowest BCUT2D eigenvalue weighted by Gasteiger charge is -2.13. The third kappa shape index (κ3) is 5.06. The molecule has 3 aromatic rings. The van der Waals surface area contributed by atoms with Crippen LogP contribution in [0.2, 0.25) is 0 Å². The van der Waals surface area contributed by atoms with Crippen LogP contribution in [0.15, 0.2) is 45.9 Å². The monoisotopic (exact) mass is 453 g/mol. The minimum atomic E-state index is -0.0486. The molecular formula is C24H31N5O2S. The molecule has 0 saturated heterocycles. The molecule has 4 rings (SSSR count). The van der Waals surface area contributed by atoms with E-state index in [1.165, 1.54) is 30.2 Å². The average molecular weight is 454 g/mol. The van der Waals surface area contributed by atoms with E-state index in [1.54, 1.807) is 4.57 Å². The van der Waals surface area contributed by atoms with E-state index in [4.69, 9.17) is 0 Å². The van der Waals surface area contributed by atoms with Gasteiger partial charge in [-0.1, -0.05) is 49.4 Å². The van der Waals surface area contributed by atoms with Crippen LogP contribution in [-0.2, 0) is 11.3 Å². The van der Waals surface area contributed by atoms with Crippen molar-refractivity contribution in [3.63, 3.8) is 0 Å². The van der Waals surface area contributed by atoms with Crippen LogP contribution in [0, 0.1) is 5.92 Å². The zero-order valence-electron chi connectivity index (χ0n) is 18.8. The molecule has 1 aromatic carbocycles. The van der Waals surface area contributed by atoms with Gasteiger partial charge >= 0.3 is 0 Å². The predicted octanol–water partition coefficient (Wildman–Crippen LogP) is 4.19. The number of benzene rings is 1. The van der Waals surface area contributed by atoms with Gasteiger partial charge in [0.1, 0.15) is 0 Å². The minimum absolute atomic E-state index is 0.0133. The molecule has 1 N–H and O–H groups in total. The molecule has 0 atom stereocenters. The molecule has 170 valence electrons. The Bertz CT molecular complexity index is 1190. The van der Waals surface area contributed by atoms with E-state index in [9.17, 15) is 9.59 Å². The first-order chi connectivity index (χ1) is 15.5. The van der Waals surface area contributed by atoms with Gasteiger partial charge in [-0.3, -0.25) is 18.6 Å². The standard InChI is InChI=1S/C24H31N5O2S/c1-17(2)13-15-28-22(31)19-10-6-7-11-20(19)29-23(28)26-27-24(29)32-16-21(30)25-14-12-18-8-4-3-5-9-18/h6-8,10-11,17H,3-5,9,12-16H2,1-2H3,(H,25,30). The second-order valence-electron chi connectivity index (χ2n) is 8.77. The van der Waals surface area contributed by atoms with Crippen molar-refractivity contribution in [3.8, 4) is 0 Å². The summed E-state index contributed by atoms with van der Waals surface area (Å²) in [4.78, 5) is 25.5. The number of para-hydroxylation sites is 1. The van der Waals surface area contributed by atoms with Crippen LogP contribution in [0.5, 0.6) is 0 Å². The van der Waals surface area contributed by atoms with Crippen molar-refractivity contribution in [3.05, 3.63) is 46.3 Å². The van der Waals surface area contributed by atoms with Gasteiger partial charge in [0.2, 0.25) is 11.7 Å². The van der Waals surface area contributed by atoms with Crippen molar-refractivity contribution >= 4 is 34.3 Å². The maximum atomic E-state index is 13.1. The van der Waals surface area contributed by atoms with Crippen LogP contribution in [0.1, 0.15) is 52.4 Å². The largest absolute Gasteiger partial charge is 0.355 e. The van der Waals surface area contributed by atoms with Gasteiger partial charge in [-0.2, -0.15) is 0 Å². The molecule has 0 unspecified atom stereocenters. The predicted molar refractivity (Wildman–Crippen MR) is 129 cm³/mol. The molecule has 1 aliphatic carbocycles. The van der Waals surface area contributed by atoms with Crippen molar-refractivity contribution in [1.29, 1.82) is 0 Å². The molecule has 0 fully saturated rings. The second kappa shape index (κ2) is 10.3. The van der Waals surface area contributed by atoms with Gasteiger partial charge in [-0.15, -0.1) is 10.2 Å². The molecule has 1 aliphatic rings. The first-order valence-electron chi connectivity index (χ1n) is 11.5. The summed E-state index contributed by atoms with van der Waals surface area (Å²) < 4.78 is 3.61. The summed E-state index contributed by atoms with van der Waals surface area (Å²) in [5.41, 5.74) is 2.18. The van der Waals surface area contributed by atoms with Gasteiger partial charge in [-0.05, 0) is 56.6 Å². The Morgan fingerprint density at radius 1 is 1.22 bits per heavy atom. The molecule has 2 heterocycles. The van der Waals surface area contributed by atoms with Crippen LogP contribution >= 0.6 is 11.8 Å². The normalized spacial score (nSPS) is 14.3. The number of thioether (sulfide) groups is 1. The highest BCUT2D eigenvalue weighted by molar-refractivity contribution is 7.99. The number of carbonyl (C=O) groups excluding carboxylic acids is 1. The molecule has 32 heavy (non-hydrogen) atoms. The Kier molecular flexibility index (Phi) is 7.29. The minimum Gasteiger partial charge on any atom is -0.355 e. The van der Waals surface area contributed by atoms with Gasteiger partial charge < -0.3 is 5.32 Å². The number of hydrogen-bond acceptors (Lipinski definition) is 5. The molecular weight excluding hydrogens is 422 g/mol. The van der Waals surface area contributed by atoms with Crippen molar-refractivity contribution in [2.24, 2.45) is 5.92 Å². The Labute approximate surface area is 192 Å². The van der Waals surface area contributed by atoms with E-state index in [0.717, 1.165) is 31.2 Å². The molecule has 0 bridgehead atoms. The van der Waals surface area contributed by atoms with E-state index in [-0.39, 0.29) is 17.2 Å². The van der Waals surface area contributed by atoms with Crippen LogP contribution in [0.3, 0.4) is 0 Å². The quantitative estimate of drug-likeness (QED) is 0.388. The number of aromatic nitrogens is 4. The maximum Gasteiger partial charge on any atom is 0.262 e. The SMILES string of the molecule is CC(C)CCn1c(=O)c2ccccc2n2c(SCC(=O)NCCC3=CCCCC3)nnc12. The third-order valence-electron chi connectivity index (χ3n) is 5.89. The Morgan fingerprint density at radius 2 is 2.06 bits per heavy atom. The van der Waals surface area contributed by atoms with E-state index in [0.29, 0.717) is 35.3 Å². The number of nitrogens with zero attached hydrogens (tertiary/aromatic N) is 4. The summed E-state index contributed by atoms with van der Waals surface area (Å²) in [5, 5.41) is 12.9. The van der Waals surface area contributed by atoms with Crippen LogP contribution in [0.25, 0.3) is 16.7 Å². The first kappa shape index (κ1) is 22.6. The third-order valence-corrected chi connectivity index (χ3v) is 6.82. The molecule has 0 aliphatic heterocycles. The van der Waals surface area contributed by atoms with Crippen molar-refractivity contribution < 1.29 is 4.79 Å². The van der Waals surface area contributed by atoms with E-state index < -0.39 is 0 Å². The van der Waals surface area contributed by atoms with Crippen LogP contribution in [-0.4, -0.2) is 37.4 Å². The molecule has 8 heteroatoms. The number of fused-ring (bicyclic) bond motifs is 3. The van der Waals surface area contributed by atoms with Crippen molar-refractivity contribution in [2.45, 2.75) is 64.1 Å². The topological polar surface area (TPSA) is 81.3 Å². The van der Waals surface area contributed by atoms with Crippen LogP contribution < -0.4 is 10.9 Å². The highest BCUT2D eigenvalue weighted by atomic mass is 32.2. The fourth-order valence-corrected chi connectivity index (χ4v) is 4.86. The lowest BCUT2D eigenvalue weighted by Crippen LogP contribution is -2.26. The molecule has 2 aromatic heterocycles. The fourth-order valence-electron chi connectivity index (χ4n) is 4.09. The van der Waals surface area contributed by atoms with Crippen molar-refractivity contribution in [1.82, 2.24) is 24.5 Å². The highest BCUT2D eigenvalue weighted by Crippen LogP contribution is 2.22. The molecule has 0 radical (unpaired) electrons. The molecule has 1 amide bonds. The number of carbonyl (C=O) groups is 1. The Balaban J connectivity index is 1.51. The van der Waals surface area contributed by atoms with E-state index >= 15 is 0 Å². The number of aryl methyl sites for hydroxylation is 1. The second-order valence-corrected chi connectivity index (χ2v) is 9.71. The number of amides is 1. The van der Waals surface area contributed by atoms with Gasteiger partial charge in [0, 0.05) is 13.1 Å². The number of nitrogens with one attached hydrogen (secondary N) is 1. The lowest BCUT2D eigenvalue weighted by molar-refractivity contribution is -0.118. The summed E-state index contributed by atoms with van der Waals surface area (Å²) in [6.07, 6.45) is 8.97. The molecule has 7 nitrogen and oxygen atoms in total. The molecule has 0 saturated carbocycles. The summed E-state index contributed by atoms with van der Waals surface area (Å²) in [6, 6.07) is 7.52. The average Bonchev–Trinajstić information content (AvgIpc) is 3.22. The van der Waals surface area contributed by atoms with E-state index in [1.807, 2.05) is 28.7 Å². The molecule has 0 spiro atoms. The summed E-state index contributed by atoms with van der Waals surface area (Å²) in [5.74, 6) is 1.25. The lowest BCUT2D eigenvalue weighted by atomic mass is 9.97. The van der Waals surface area contributed by atoms with Crippen molar-refractivity contribution in [2.75, 3.05) is 12.3 Å². The van der Waals surface area contributed by atoms with Gasteiger partial charge in [0.15, 0.2) is 5.16 Å². The number of rotatable bonds is 9.